The van der Waals surface area contributed by atoms with E-state index in [9.17, 15) is 9.59 Å². The number of carbonyl (C=O) groups is 2. The average Bonchev–Trinajstić information content (AvgIpc) is 2.95. The van der Waals surface area contributed by atoms with Crippen molar-refractivity contribution in [2.45, 2.75) is 13.3 Å². The van der Waals surface area contributed by atoms with E-state index in [1.165, 1.54) is 5.56 Å². The lowest BCUT2D eigenvalue weighted by Gasteiger charge is -2.22. The second kappa shape index (κ2) is 9.42. The number of halogens is 1. The Morgan fingerprint density at radius 1 is 0.929 bits per heavy atom. The van der Waals surface area contributed by atoms with Crippen molar-refractivity contribution in [2.24, 2.45) is 0 Å². The first-order valence-corrected chi connectivity index (χ1v) is 9.74. The summed E-state index contributed by atoms with van der Waals surface area (Å²) in [6.45, 7) is 4.31. The second-order valence-corrected chi connectivity index (χ2v) is 7.28. The molecule has 0 atom stereocenters. The van der Waals surface area contributed by atoms with E-state index in [0.717, 1.165) is 12.0 Å². The van der Waals surface area contributed by atoms with Crippen molar-refractivity contribution in [2.75, 3.05) is 31.5 Å². The minimum Gasteiger partial charge on any atom is -0.337 e. The zero-order chi connectivity index (χ0) is 19.9. The highest BCUT2D eigenvalue weighted by Crippen LogP contribution is 2.15. The first-order valence-electron chi connectivity index (χ1n) is 9.36. The number of hydrogen-bond acceptors (Lipinski definition) is 2. The van der Waals surface area contributed by atoms with E-state index >= 15 is 0 Å². The Balaban J connectivity index is 1.53. The second-order valence-electron chi connectivity index (χ2n) is 6.85. The van der Waals surface area contributed by atoms with Gasteiger partial charge in [-0.1, -0.05) is 41.4 Å². The summed E-state index contributed by atoms with van der Waals surface area (Å²) in [7, 11) is 0. The van der Waals surface area contributed by atoms with Gasteiger partial charge in [0.1, 0.15) is 0 Å². The molecule has 1 aliphatic rings. The molecular formula is C22H24ClN3O2. The van der Waals surface area contributed by atoms with Crippen molar-refractivity contribution in [1.29, 1.82) is 0 Å². The smallest absolute Gasteiger partial charge is 0.321 e. The molecule has 5 nitrogen and oxygen atoms in total. The van der Waals surface area contributed by atoms with E-state index in [4.69, 9.17) is 11.6 Å². The molecule has 1 aliphatic heterocycles. The molecule has 0 aromatic heterocycles. The van der Waals surface area contributed by atoms with Gasteiger partial charge in [0.2, 0.25) is 5.91 Å². The predicted molar refractivity (Wildman–Crippen MR) is 113 cm³/mol. The van der Waals surface area contributed by atoms with E-state index in [0.29, 0.717) is 36.9 Å². The summed E-state index contributed by atoms with van der Waals surface area (Å²) < 4.78 is 0. The molecule has 146 valence electrons. The Hall–Kier alpha value is -2.79. The van der Waals surface area contributed by atoms with Gasteiger partial charge in [0.15, 0.2) is 0 Å². The highest BCUT2D eigenvalue weighted by atomic mass is 35.5. The Bertz CT molecular complexity index is 847. The molecule has 1 N–H and O–H groups in total. The molecule has 28 heavy (non-hydrogen) atoms. The summed E-state index contributed by atoms with van der Waals surface area (Å²) in [5.41, 5.74) is 2.89. The van der Waals surface area contributed by atoms with E-state index in [2.05, 4.69) is 5.32 Å². The summed E-state index contributed by atoms with van der Waals surface area (Å²) in [6, 6.07) is 14.9. The fourth-order valence-corrected chi connectivity index (χ4v) is 3.15. The molecule has 0 aliphatic carbocycles. The molecule has 1 heterocycles. The number of benzene rings is 2. The number of rotatable bonds is 3. The predicted octanol–water partition coefficient (Wildman–Crippen LogP) is 4.43. The number of amides is 3. The van der Waals surface area contributed by atoms with Gasteiger partial charge in [0.05, 0.1) is 0 Å². The van der Waals surface area contributed by atoms with Crippen molar-refractivity contribution in [1.82, 2.24) is 9.80 Å². The van der Waals surface area contributed by atoms with E-state index < -0.39 is 0 Å². The van der Waals surface area contributed by atoms with Gasteiger partial charge in [-0.3, -0.25) is 4.79 Å². The van der Waals surface area contributed by atoms with Crippen LogP contribution in [-0.2, 0) is 4.79 Å². The molecule has 0 unspecified atom stereocenters. The van der Waals surface area contributed by atoms with Crippen LogP contribution in [-0.4, -0.2) is 47.9 Å². The number of urea groups is 1. The molecule has 0 saturated carbocycles. The Morgan fingerprint density at radius 2 is 1.57 bits per heavy atom. The zero-order valence-electron chi connectivity index (χ0n) is 15.9. The first-order chi connectivity index (χ1) is 13.5. The highest BCUT2D eigenvalue weighted by molar-refractivity contribution is 6.30. The van der Waals surface area contributed by atoms with Crippen LogP contribution in [0, 0.1) is 6.92 Å². The van der Waals surface area contributed by atoms with E-state index in [1.807, 2.05) is 37.3 Å². The summed E-state index contributed by atoms with van der Waals surface area (Å²) in [5, 5.41) is 3.50. The highest BCUT2D eigenvalue weighted by Gasteiger charge is 2.21. The maximum atomic E-state index is 12.5. The minimum atomic E-state index is -0.160. The van der Waals surface area contributed by atoms with Crippen molar-refractivity contribution in [3.63, 3.8) is 0 Å². The summed E-state index contributed by atoms with van der Waals surface area (Å²) in [5.74, 6) is -0.0273. The standard InChI is InChI=1S/C22H24ClN3O2/c1-17-3-5-18(6-4-17)7-12-21(27)25-13-2-14-26(16-15-25)22(28)24-20-10-8-19(23)9-11-20/h3-12H,2,13-16H2,1H3,(H,24,28)/b12-7+. The van der Waals surface area contributed by atoms with Gasteiger partial charge in [-0.05, 0) is 49.2 Å². The van der Waals surface area contributed by atoms with Crippen molar-refractivity contribution in [3.8, 4) is 0 Å². The largest absolute Gasteiger partial charge is 0.337 e. The average molecular weight is 398 g/mol. The van der Waals surface area contributed by atoms with Gasteiger partial charge in [0, 0.05) is 43.0 Å². The minimum absolute atomic E-state index is 0.0273. The quantitative estimate of drug-likeness (QED) is 0.779. The third kappa shape index (κ3) is 5.60. The molecule has 0 radical (unpaired) electrons. The van der Waals surface area contributed by atoms with E-state index in [1.54, 1.807) is 40.1 Å². The Morgan fingerprint density at radius 3 is 2.29 bits per heavy atom. The monoisotopic (exact) mass is 397 g/mol. The molecule has 1 fully saturated rings. The van der Waals surface area contributed by atoms with E-state index in [-0.39, 0.29) is 11.9 Å². The maximum Gasteiger partial charge on any atom is 0.321 e. The van der Waals surface area contributed by atoms with Gasteiger partial charge in [-0.2, -0.15) is 0 Å². The van der Waals surface area contributed by atoms with Crippen LogP contribution in [0.2, 0.25) is 5.02 Å². The molecule has 1 saturated heterocycles. The Kier molecular flexibility index (Phi) is 6.71. The first kappa shape index (κ1) is 20.0. The lowest BCUT2D eigenvalue weighted by Crippen LogP contribution is -2.39. The third-order valence-corrected chi connectivity index (χ3v) is 4.94. The van der Waals surface area contributed by atoms with Crippen LogP contribution in [0.5, 0.6) is 0 Å². The van der Waals surface area contributed by atoms with Crippen LogP contribution in [0.1, 0.15) is 17.5 Å². The number of anilines is 1. The molecule has 2 aromatic carbocycles. The van der Waals surface area contributed by atoms with Crippen molar-refractivity contribution in [3.05, 3.63) is 70.8 Å². The van der Waals surface area contributed by atoms with Crippen LogP contribution >= 0.6 is 11.6 Å². The van der Waals surface area contributed by atoms with Gasteiger partial charge < -0.3 is 15.1 Å². The summed E-state index contributed by atoms with van der Waals surface area (Å²) in [6.07, 6.45) is 4.18. The van der Waals surface area contributed by atoms with Crippen LogP contribution in [0.25, 0.3) is 6.08 Å². The molecule has 0 spiro atoms. The number of nitrogens with zero attached hydrogens (tertiary/aromatic N) is 2. The number of hydrogen-bond donors (Lipinski definition) is 1. The third-order valence-electron chi connectivity index (χ3n) is 4.69. The van der Waals surface area contributed by atoms with Gasteiger partial charge in [-0.25, -0.2) is 4.79 Å². The van der Waals surface area contributed by atoms with Gasteiger partial charge >= 0.3 is 6.03 Å². The van der Waals surface area contributed by atoms with Gasteiger partial charge in [0.25, 0.3) is 0 Å². The molecule has 0 bridgehead atoms. The molecule has 3 amide bonds. The number of carbonyl (C=O) groups excluding carboxylic acids is 2. The topological polar surface area (TPSA) is 52.7 Å². The molecule has 2 aromatic rings. The molecule has 6 heteroatoms. The van der Waals surface area contributed by atoms with Gasteiger partial charge in [-0.15, -0.1) is 0 Å². The number of aryl methyl sites for hydroxylation is 1. The zero-order valence-corrected chi connectivity index (χ0v) is 16.7. The van der Waals surface area contributed by atoms with Crippen LogP contribution < -0.4 is 5.32 Å². The van der Waals surface area contributed by atoms with Crippen LogP contribution in [0.3, 0.4) is 0 Å². The normalized spacial score (nSPS) is 14.8. The fourth-order valence-electron chi connectivity index (χ4n) is 3.03. The lowest BCUT2D eigenvalue weighted by molar-refractivity contribution is -0.125. The molecule has 3 rings (SSSR count). The van der Waals surface area contributed by atoms with Crippen molar-refractivity contribution < 1.29 is 9.59 Å². The van der Waals surface area contributed by atoms with Crippen molar-refractivity contribution >= 4 is 35.3 Å². The lowest BCUT2D eigenvalue weighted by atomic mass is 10.1. The maximum absolute atomic E-state index is 12.5. The summed E-state index contributed by atoms with van der Waals surface area (Å²) >= 11 is 5.87. The SMILES string of the molecule is Cc1ccc(/C=C/C(=O)N2CCCN(C(=O)Nc3ccc(Cl)cc3)CC2)cc1. The van der Waals surface area contributed by atoms with Crippen LogP contribution in [0.15, 0.2) is 54.6 Å². The fraction of sp³-hybridized carbons (Fsp3) is 0.273. The number of nitrogens with one attached hydrogen (secondary N) is 1. The van der Waals surface area contributed by atoms with Crippen LogP contribution in [0.4, 0.5) is 10.5 Å². The molecular weight excluding hydrogens is 374 g/mol. The summed E-state index contributed by atoms with van der Waals surface area (Å²) in [4.78, 5) is 28.5. The Labute approximate surface area is 170 Å².